The van der Waals surface area contributed by atoms with E-state index < -0.39 is 63.8 Å². The summed E-state index contributed by atoms with van der Waals surface area (Å²) in [5.41, 5.74) is 2.49. The van der Waals surface area contributed by atoms with Gasteiger partial charge in [0.25, 0.3) is 5.91 Å². The van der Waals surface area contributed by atoms with E-state index in [4.69, 9.17) is 5.73 Å². The summed E-state index contributed by atoms with van der Waals surface area (Å²) in [6, 6.07) is 0.419. The molecule has 1 amide bonds. The fraction of sp³-hybridized carbons (Fsp3) is 0.517. The van der Waals surface area contributed by atoms with Gasteiger partial charge in [-0.3, -0.25) is 24.1 Å². The Hall–Kier alpha value is -3.74. The molecule has 0 radical (unpaired) electrons. The number of hydrogen-bond acceptors (Lipinski definition) is 11. The molecular formula is C29H38N4O8. The number of carbonyl (C=O) groups is 4. The number of hydrogen-bond donors (Lipinski definition) is 5. The summed E-state index contributed by atoms with van der Waals surface area (Å²) in [5.74, 6) is -7.62. The molecule has 1 saturated carbocycles. The predicted octanol–water partition coefficient (Wildman–Crippen LogP) is 0.555. The van der Waals surface area contributed by atoms with Gasteiger partial charge < -0.3 is 36.0 Å². The number of anilines is 1. The first-order valence-electron chi connectivity index (χ1n) is 13.4. The Morgan fingerprint density at radius 1 is 1.07 bits per heavy atom. The van der Waals surface area contributed by atoms with Gasteiger partial charge in [0.1, 0.15) is 22.8 Å². The number of nitrogens with two attached hydrogens (primary N) is 1. The van der Waals surface area contributed by atoms with Crippen molar-refractivity contribution in [2.24, 2.45) is 17.6 Å². The Morgan fingerprint density at radius 3 is 2.24 bits per heavy atom. The summed E-state index contributed by atoms with van der Waals surface area (Å²) in [7, 11) is 10.4. The number of amides is 1. The molecule has 41 heavy (non-hydrogen) atoms. The number of carbonyl (C=O) groups excluding carboxylic acids is 4. The summed E-state index contributed by atoms with van der Waals surface area (Å²) in [6.45, 7) is 0.657. The maximum Gasteiger partial charge on any atom is 0.255 e. The van der Waals surface area contributed by atoms with Crippen LogP contribution < -0.4 is 10.6 Å². The van der Waals surface area contributed by atoms with Gasteiger partial charge in [0, 0.05) is 37.7 Å². The van der Waals surface area contributed by atoms with Crippen molar-refractivity contribution < 1.29 is 39.6 Å². The molecule has 4 atom stereocenters. The quantitative estimate of drug-likeness (QED) is 0.217. The van der Waals surface area contributed by atoms with Crippen molar-refractivity contribution in [1.29, 1.82) is 0 Å². The van der Waals surface area contributed by atoms with Crippen LogP contribution in [0, 0.1) is 11.8 Å². The van der Waals surface area contributed by atoms with Gasteiger partial charge in [0.15, 0.2) is 17.2 Å². The number of phenols is 1. The number of aliphatic hydroxyl groups excluding tert-OH is 2. The van der Waals surface area contributed by atoms with Gasteiger partial charge in [-0.25, -0.2) is 0 Å². The standard InChI is InChI=1S/C29H38N4O8/c1-31(2)9-7-8-18(34)15-12-17(32(3)4)14-10-13-11-16-22(33(5)6)25(37)21(28(30)40)27(39)29(16,41)26(38)19(13)24(36)20(14)23(15)35/h12-13,16,22,35-36,39,41H,7-11H2,1-6H3,(H2,30,40)/t13?,16?,22-,29?/m0/s1. The van der Waals surface area contributed by atoms with Crippen LogP contribution in [0.3, 0.4) is 0 Å². The SMILES string of the molecule is CN(C)CCCC(=O)c1cc(N(C)C)c2c(c1O)C(O)=C1C(=O)C3(O)C(O)=C(C(N)=O)C(=O)[C@@H](N(C)C)C3CC1C2. The van der Waals surface area contributed by atoms with Gasteiger partial charge in [-0.2, -0.15) is 0 Å². The number of primary amides is 1. The minimum absolute atomic E-state index is 0.00801. The van der Waals surface area contributed by atoms with Gasteiger partial charge in [-0.1, -0.05) is 0 Å². The number of nitrogens with zero attached hydrogens (tertiary/aromatic N) is 3. The minimum Gasteiger partial charge on any atom is -0.508 e. The molecule has 0 spiro atoms. The lowest BCUT2D eigenvalue weighted by atomic mass is 9.57. The van der Waals surface area contributed by atoms with Crippen molar-refractivity contribution in [1.82, 2.24) is 9.80 Å². The Labute approximate surface area is 238 Å². The zero-order valence-corrected chi connectivity index (χ0v) is 24.2. The number of aromatic hydroxyl groups is 1. The molecular weight excluding hydrogens is 532 g/mol. The van der Waals surface area contributed by atoms with E-state index in [2.05, 4.69) is 0 Å². The number of rotatable bonds is 8. The second-order valence-electron chi connectivity index (χ2n) is 11.8. The van der Waals surface area contributed by atoms with Crippen molar-refractivity contribution in [3.63, 3.8) is 0 Å². The normalized spacial score (nSPS) is 25.8. The molecule has 222 valence electrons. The van der Waals surface area contributed by atoms with Gasteiger partial charge >= 0.3 is 0 Å². The van der Waals surface area contributed by atoms with Crippen LogP contribution in [0.4, 0.5) is 5.69 Å². The third-order valence-electron chi connectivity index (χ3n) is 8.49. The Bertz CT molecular complexity index is 1410. The highest BCUT2D eigenvalue weighted by Gasteiger charge is 2.64. The largest absolute Gasteiger partial charge is 0.508 e. The summed E-state index contributed by atoms with van der Waals surface area (Å²) < 4.78 is 0. The summed E-state index contributed by atoms with van der Waals surface area (Å²) in [5, 5.41) is 45.6. The zero-order valence-electron chi connectivity index (χ0n) is 24.2. The second-order valence-corrected chi connectivity index (χ2v) is 11.8. The highest BCUT2D eigenvalue weighted by Crippen LogP contribution is 2.54. The zero-order chi connectivity index (χ0) is 30.7. The Balaban J connectivity index is 1.92. The summed E-state index contributed by atoms with van der Waals surface area (Å²) in [4.78, 5) is 57.7. The lowest BCUT2D eigenvalue weighted by Gasteiger charge is -2.50. The van der Waals surface area contributed by atoms with Crippen molar-refractivity contribution in [2.75, 3.05) is 53.7 Å². The lowest BCUT2D eigenvalue weighted by Crippen LogP contribution is -2.65. The monoisotopic (exact) mass is 570 g/mol. The number of fused-ring (bicyclic) bond motifs is 3. The first-order chi connectivity index (χ1) is 19.0. The minimum atomic E-state index is -2.72. The number of ketones is 3. The van der Waals surface area contributed by atoms with Crippen molar-refractivity contribution >= 4 is 34.7 Å². The number of phenolic OH excluding ortho intramolecular Hbond substituents is 1. The van der Waals surface area contributed by atoms with Crippen LogP contribution in [0.2, 0.25) is 0 Å². The van der Waals surface area contributed by atoms with Crippen molar-refractivity contribution in [3.05, 3.63) is 39.7 Å². The molecule has 0 heterocycles. The van der Waals surface area contributed by atoms with E-state index in [9.17, 15) is 39.6 Å². The van der Waals surface area contributed by atoms with E-state index in [0.717, 1.165) is 0 Å². The topological polar surface area (TPSA) is 185 Å². The molecule has 3 aliphatic carbocycles. The maximum atomic E-state index is 14.0. The smallest absolute Gasteiger partial charge is 0.255 e. The molecule has 4 rings (SSSR count). The number of Topliss-reactive ketones (excluding diaryl/α,β-unsaturated/α-hetero) is 3. The second kappa shape index (κ2) is 10.6. The average molecular weight is 571 g/mol. The van der Waals surface area contributed by atoms with Gasteiger partial charge in [-0.05, 0) is 71.5 Å². The molecule has 1 aromatic carbocycles. The fourth-order valence-corrected chi connectivity index (χ4v) is 6.59. The summed E-state index contributed by atoms with van der Waals surface area (Å²) in [6.07, 6.45) is 0.822. The predicted molar refractivity (Wildman–Crippen MR) is 151 cm³/mol. The van der Waals surface area contributed by atoms with Crippen molar-refractivity contribution in [2.45, 2.75) is 37.3 Å². The first-order valence-corrected chi connectivity index (χ1v) is 13.4. The Kier molecular flexibility index (Phi) is 7.80. The molecule has 1 aromatic rings. The van der Waals surface area contributed by atoms with E-state index >= 15 is 0 Å². The van der Waals surface area contributed by atoms with Crippen LogP contribution in [0.15, 0.2) is 23.0 Å². The molecule has 1 fully saturated rings. The number of aliphatic hydroxyl groups is 3. The molecule has 6 N–H and O–H groups in total. The van der Waals surface area contributed by atoms with E-state index in [-0.39, 0.29) is 41.7 Å². The molecule has 0 aromatic heterocycles. The van der Waals surface area contributed by atoms with Crippen LogP contribution in [0.25, 0.3) is 5.76 Å². The molecule has 3 unspecified atom stereocenters. The third-order valence-corrected chi connectivity index (χ3v) is 8.49. The highest BCUT2D eigenvalue weighted by atomic mass is 16.3. The van der Waals surface area contributed by atoms with E-state index in [1.54, 1.807) is 39.2 Å². The number of benzene rings is 1. The lowest BCUT2D eigenvalue weighted by molar-refractivity contribution is -0.153. The average Bonchev–Trinajstić information content (AvgIpc) is 2.85. The molecule has 3 aliphatic rings. The molecule has 12 nitrogen and oxygen atoms in total. The number of likely N-dealkylation sites (N-methyl/N-ethyl adjacent to an activating group) is 1. The first kappa shape index (κ1) is 30.2. The fourth-order valence-electron chi connectivity index (χ4n) is 6.59. The van der Waals surface area contributed by atoms with Gasteiger partial charge in [-0.15, -0.1) is 0 Å². The molecule has 0 saturated heterocycles. The summed E-state index contributed by atoms with van der Waals surface area (Å²) >= 11 is 0. The van der Waals surface area contributed by atoms with E-state index in [1.807, 2.05) is 19.0 Å². The van der Waals surface area contributed by atoms with E-state index in [0.29, 0.717) is 24.2 Å². The molecule has 0 aliphatic heterocycles. The van der Waals surface area contributed by atoms with Gasteiger partial charge in [0.05, 0.1) is 17.2 Å². The van der Waals surface area contributed by atoms with Crippen LogP contribution in [0.5, 0.6) is 5.75 Å². The van der Waals surface area contributed by atoms with Crippen LogP contribution in [-0.2, 0) is 20.8 Å². The molecule has 12 heteroatoms. The highest BCUT2D eigenvalue weighted by molar-refractivity contribution is 6.24. The Morgan fingerprint density at radius 2 is 1.71 bits per heavy atom. The van der Waals surface area contributed by atoms with Gasteiger partial charge in [0.2, 0.25) is 5.78 Å². The maximum absolute atomic E-state index is 14.0. The molecule has 0 bridgehead atoms. The third kappa shape index (κ3) is 4.59. The van der Waals surface area contributed by atoms with Crippen LogP contribution in [0.1, 0.15) is 40.7 Å². The van der Waals surface area contributed by atoms with Crippen LogP contribution >= 0.6 is 0 Å². The van der Waals surface area contributed by atoms with Crippen molar-refractivity contribution in [3.8, 4) is 5.75 Å². The van der Waals surface area contributed by atoms with E-state index in [1.165, 1.54) is 4.90 Å². The van der Waals surface area contributed by atoms with Crippen LogP contribution in [-0.4, -0.2) is 114 Å².